The summed E-state index contributed by atoms with van der Waals surface area (Å²) in [7, 11) is 0. The normalized spacial score (nSPS) is 13.0. The third kappa shape index (κ3) is 5.43. The van der Waals surface area contributed by atoms with Gasteiger partial charge in [-0.15, -0.1) is 5.16 Å². The molecular formula is C4H10N2O. The average Bonchev–Trinajstić information content (AvgIpc) is 1.30. The summed E-state index contributed by atoms with van der Waals surface area (Å²) in [4.78, 5) is 0. The van der Waals surface area contributed by atoms with Crippen molar-refractivity contribution in [2.75, 3.05) is 0 Å². The maximum Gasteiger partial charge on any atom is 0.0629 e. The van der Waals surface area contributed by atoms with E-state index < -0.39 is 5.54 Å². The van der Waals surface area contributed by atoms with Gasteiger partial charge in [0.2, 0.25) is 0 Å². The Bertz CT molecular complexity index is 72.2. The minimum Gasteiger partial charge on any atom is -0.411 e. The Hall–Kier alpha value is -0.570. The largest absolute Gasteiger partial charge is 0.411 e. The van der Waals surface area contributed by atoms with Gasteiger partial charge in [0.05, 0.1) is 6.21 Å². The predicted molar refractivity (Wildman–Crippen MR) is 28.5 cm³/mol. The summed E-state index contributed by atoms with van der Waals surface area (Å²) in [5.41, 5.74) is 4.85. The van der Waals surface area contributed by atoms with Gasteiger partial charge in [0.1, 0.15) is 0 Å². The molecule has 0 atom stereocenters. The molecule has 0 aromatic heterocycles. The van der Waals surface area contributed by atoms with Crippen LogP contribution in [0.15, 0.2) is 5.16 Å². The van der Waals surface area contributed by atoms with Crippen LogP contribution in [0, 0.1) is 0 Å². The Morgan fingerprint density at radius 2 is 2.14 bits per heavy atom. The molecule has 0 saturated heterocycles. The summed E-state index contributed by atoms with van der Waals surface area (Å²) in [5.74, 6) is 0. The first-order chi connectivity index (χ1) is 3.06. The van der Waals surface area contributed by atoms with E-state index in [0.717, 1.165) is 0 Å². The van der Waals surface area contributed by atoms with Crippen molar-refractivity contribution in [1.29, 1.82) is 0 Å². The van der Waals surface area contributed by atoms with Gasteiger partial charge in [0.25, 0.3) is 0 Å². The highest BCUT2D eigenvalue weighted by atomic mass is 16.4. The predicted octanol–water partition coefficient (Wildman–Crippen LogP) is 0.184. The Kier molecular flexibility index (Phi) is 1.77. The molecule has 0 radical (unpaired) electrons. The lowest BCUT2D eigenvalue weighted by Crippen LogP contribution is -2.33. The molecule has 0 aromatic rings. The fourth-order valence-corrected chi connectivity index (χ4v) is 0.149. The quantitative estimate of drug-likeness (QED) is 0.282. The molecule has 0 aliphatic rings. The summed E-state index contributed by atoms with van der Waals surface area (Å²) < 4.78 is 0. The van der Waals surface area contributed by atoms with E-state index in [1.165, 1.54) is 6.21 Å². The van der Waals surface area contributed by atoms with Crippen molar-refractivity contribution in [3.63, 3.8) is 0 Å². The van der Waals surface area contributed by atoms with Gasteiger partial charge in [-0.05, 0) is 13.8 Å². The summed E-state index contributed by atoms with van der Waals surface area (Å²) in [6.45, 7) is 3.49. The zero-order valence-electron chi connectivity index (χ0n) is 4.55. The molecule has 0 heterocycles. The van der Waals surface area contributed by atoms with Crippen LogP contribution in [0.2, 0.25) is 0 Å². The first-order valence-electron chi connectivity index (χ1n) is 2.04. The Balaban J connectivity index is 3.56. The fourth-order valence-electron chi connectivity index (χ4n) is 0.149. The van der Waals surface area contributed by atoms with Crippen LogP contribution in [0.25, 0.3) is 0 Å². The van der Waals surface area contributed by atoms with E-state index in [0.29, 0.717) is 0 Å². The van der Waals surface area contributed by atoms with Gasteiger partial charge >= 0.3 is 0 Å². The monoisotopic (exact) mass is 102 g/mol. The molecule has 3 nitrogen and oxygen atoms in total. The van der Waals surface area contributed by atoms with Crippen LogP contribution in [0.3, 0.4) is 0 Å². The molecule has 0 aliphatic carbocycles. The van der Waals surface area contributed by atoms with E-state index in [1.54, 1.807) is 13.8 Å². The molecule has 0 spiro atoms. The van der Waals surface area contributed by atoms with Crippen molar-refractivity contribution in [1.82, 2.24) is 0 Å². The van der Waals surface area contributed by atoms with E-state index >= 15 is 0 Å². The number of nitrogens with two attached hydrogens (primary N) is 1. The number of hydrogen-bond donors (Lipinski definition) is 2. The third-order valence-electron chi connectivity index (χ3n) is 0.390. The second-order valence-corrected chi connectivity index (χ2v) is 2.07. The minimum absolute atomic E-state index is 0.491. The third-order valence-corrected chi connectivity index (χ3v) is 0.390. The first kappa shape index (κ1) is 6.43. The van der Waals surface area contributed by atoms with Crippen LogP contribution in [0.4, 0.5) is 0 Å². The van der Waals surface area contributed by atoms with Crippen molar-refractivity contribution in [3.8, 4) is 0 Å². The maximum atomic E-state index is 7.89. The number of nitrogens with zero attached hydrogens (tertiary/aromatic N) is 1. The highest BCUT2D eigenvalue weighted by Crippen LogP contribution is 1.87. The number of rotatable bonds is 1. The van der Waals surface area contributed by atoms with E-state index in [1.807, 2.05) is 0 Å². The van der Waals surface area contributed by atoms with E-state index in [2.05, 4.69) is 5.16 Å². The van der Waals surface area contributed by atoms with Gasteiger partial charge in [-0.3, -0.25) is 0 Å². The van der Waals surface area contributed by atoms with Gasteiger partial charge in [0.15, 0.2) is 0 Å². The summed E-state index contributed by atoms with van der Waals surface area (Å²) in [5, 5.41) is 10.6. The highest BCUT2D eigenvalue weighted by molar-refractivity contribution is 5.67. The topological polar surface area (TPSA) is 58.6 Å². The maximum absolute atomic E-state index is 7.89. The van der Waals surface area contributed by atoms with Crippen LogP contribution in [-0.2, 0) is 0 Å². The van der Waals surface area contributed by atoms with Gasteiger partial charge in [-0.1, -0.05) is 0 Å². The van der Waals surface area contributed by atoms with Crippen molar-refractivity contribution >= 4 is 6.21 Å². The Labute approximate surface area is 42.8 Å². The summed E-state index contributed by atoms with van der Waals surface area (Å²) >= 11 is 0. The Morgan fingerprint density at radius 1 is 1.71 bits per heavy atom. The molecule has 0 rings (SSSR count). The van der Waals surface area contributed by atoms with Crippen LogP contribution in [0.5, 0.6) is 0 Å². The molecule has 3 N–H and O–H groups in total. The van der Waals surface area contributed by atoms with Crippen molar-refractivity contribution in [2.24, 2.45) is 10.9 Å². The number of hydrogen-bond acceptors (Lipinski definition) is 3. The molecule has 0 aromatic carbocycles. The molecule has 3 heteroatoms. The zero-order chi connectivity index (χ0) is 5.91. The molecular weight excluding hydrogens is 92.1 g/mol. The molecule has 0 saturated carbocycles. The zero-order valence-corrected chi connectivity index (χ0v) is 4.55. The van der Waals surface area contributed by atoms with Crippen LogP contribution in [-0.4, -0.2) is 17.0 Å². The van der Waals surface area contributed by atoms with Gasteiger partial charge in [-0.25, -0.2) is 0 Å². The van der Waals surface area contributed by atoms with E-state index in [-0.39, 0.29) is 0 Å². The lowest BCUT2D eigenvalue weighted by Gasteiger charge is -2.07. The van der Waals surface area contributed by atoms with Gasteiger partial charge in [0, 0.05) is 5.54 Å². The smallest absolute Gasteiger partial charge is 0.0629 e. The first-order valence-corrected chi connectivity index (χ1v) is 2.04. The van der Waals surface area contributed by atoms with Crippen LogP contribution < -0.4 is 5.73 Å². The fraction of sp³-hybridized carbons (Fsp3) is 0.750. The molecule has 0 unspecified atom stereocenters. The van der Waals surface area contributed by atoms with Gasteiger partial charge < -0.3 is 10.9 Å². The lowest BCUT2D eigenvalue weighted by atomic mass is 10.1. The molecule has 0 aliphatic heterocycles. The number of oxime groups is 1. The lowest BCUT2D eigenvalue weighted by molar-refractivity contribution is 0.318. The van der Waals surface area contributed by atoms with Crippen LogP contribution >= 0.6 is 0 Å². The molecule has 42 valence electrons. The standard InChI is InChI=1S/C4H10N2O/c1-4(2,5)3-6-7/h3,7H,5H2,1-2H3. The summed E-state index contributed by atoms with van der Waals surface area (Å²) in [6, 6.07) is 0. The minimum atomic E-state index is -0.491. The van der Waals surface area contributed by atoms with E-state index in [9.17, 15) is 0 Å². The summed E-state index contributed by atoms with van der Waals surface area (Å²) in [6.07, 6.45) is 1.27. The van der Waals surface area contributed by atoms with Gasteiger partial charge in [-0.2, -0.15) is 0 Å². The molecule has 0 fully saturated rings. The Morgan fingerprint density at radius 3 is 2.14 bits per heavy atom. The van der Waals surface area contributed by atoms with Crippen molar-refractivity contribution in [2.45, 2.75) is 19.4 Å². The van der Waals surface area contributed by atoms with Crippen LogP contribution in [0.1, 0.15) is 13.8 Å². The molecule has 0 bridgehead atoms. The van der Waals surface area contributed by atoms with Crippen molar-refractivity contribution < 1.29 is 5.21 Å². The second-order valence-electron chi connectivity index (χ2n) is 2.07. The SMILES string of the molecule is CC(C)(N)C=NO. The highest BCUT2D eigenvalue weighted by Gasteiger charge is 2.04. The molecule has 0 amide bonds. The van der Waals surface area contributed by atoms with E-state index in [4.69, 9.17) is 10.9 Å². The van der Waals surface area contributed by atoms with Crippen molar-refractivity contribution in [3.05, 3.63) is 0 Å². The average molecular weight is 102 g/mol. The molecule has 7 heavy (non-hydrogen) atoms. The second kappa shape index (κ2) is 1.93.